The third kappa shape index (κ3) is 5.78. The highest BCUT2D eigenvalue weighted by atomic mass is 16.5. The number of hydrogen-bond acceptors (Lipinski definition) is 5. The van der Waals surface area contributed by atoms with Crippen LogP contribution in [0.5, 0.6) is 5.75 Å². The van der Waals surface area contributed by atoms with Crippen LogP contribution in [0, 0.1) is 0 Å². The minimum atomic E-state index is -0.502. The van der Waals surface area contributed by atoms with Crippen LogP contribution in [-0.4, -0.2) is 68.0 Å². The number of benzene rings is 2. The third-order valence-electron chi connectivity index (χ3n) is 5.06. The van der Waals surface area contributed by atoms with Gasteiger partial charge in [-0.15, -0.1) is 0 Å². The molecule has 1 aliphatic rings. The van der Waals surface area contributed by atoms with E-state index >= 15 is 0 Å². The SMILES string of the molecule is COc1ccc(COC[C@H](O)CN2CCN(C)C[C@@H]2c2ccccc2)cc1. The first-order chi connectivity index (χ1) is 13.2. The second kappa shape index (κ2) is 9.85. The standard InChI is InChI=1S/C22H30N2O3/c1-23-12-13-24(22(15-23)19-6-4-3-5-7-19)14-20(25)17-27-16-18-8-10-21(26-2)11-9-18/h3-11,20,22,25H,12-17H2,1-2H3/t20-,22-/m1/s1. The Balaban J connectivity index is 1.50. The van der Waals surface area contributed by atoms with Gasteiger partial charge in [0.05, 0.1) is 26.4 Å². The number of nitrogens with zero attached hydrogens (tertiary/aromatic N) is 2. The molecule has 0 aromatic heterocycles. The third-order valence-corrected chi connectivity index (χ3v) is 5.06. The molecule has 5 nitrogen and oxygen atoms in total. The van der Waals surface area contributed by atoms with Crippen molar-refractivity contribution in [3.63, 3.8) is 0 Å². The highest BCUT2D eigenvalue weighted by molar-refractivity contribution is 5.26. The molecule has 0 spiro atoms. The molecule has 0 unspecified atom stereocenters. The molecule has 27 heavy (non-hydrogen) atoms. The van der Waals surface area contributed by atoms with Crippen molar-refractivity contribution in [1.82, 2.24) is 9.80 Å². The van der Waals surface area contributed by atoms with E-state index in [1.54, 1.807) is 7.11 Å². The topological polar surface area (TPSA) is 45.2 Å². The zero-order valence-corrected chi connectivity index (χ0v) is 16.3. The lowest BCUT2D eigenvalue weighted by Gasteiger charge is -2.41. The normalized spacial score (nSPS) is 19.7. The summed E-state index contributed by atoms with van der Waals surface area (Å²) in [6.07, 6.45) is -0.502. The molecule has 0 bridgehead atoms. The summed E-state index contributed by atoms with van der Waals surface area (Å²) in [6.45, 7) is 4.39. The van der Waals surface area contributed by atoms with Gasteiger partial charge in [0, 0.05) is 32.2 Å². The van der Waals surface area contributed by atoms with Gasteiger partial charge in [-0.1, -0.05) is 42.5 Å². The van der Waals surface area contributed by atoms with Crippen LogP contribution in [0.2, 0.25) is 0 Å². The lowest BCUT2D eigenvalue weighted by Crippen LogP contribution is -2.49. The van der Waals surface area contributed by atoms with Gasteiger partial charge in [0.25, 0.3) is 0 Å². The number of ether oxygens (including phenoxy) is 2. The summed E-state index contributed by atoms with van der Waals surface area (Å²) >= 11 is 0. The van der Waals surface area contributed by atoms with Gasteiger partial charge in [-0.25, -0.2) is 0 Å². The van der Waals surface area contributed by atoms with Crippen molar-refractivity contribution in [2.45, 2.75) is 18.8 Å². The molecule has 3 rings (SSSR count). The summed E-state index contributed by atoms with van der Waals surface area (Å²) in [4.78, 5) is 4.72. The Morgan fingerprint density at radius 3 is 2.52 bits per heavy atom. The Bertz CT molecular complexity index is 678. The van der Waals surface area contributed by atoms with Crippen LogP contribution in [0.3, 0.4) is 0 Å². The Morgan fingerprint density at radius 1 is 1.07 bits per heavy atom. The summed E-state index contributed by atoms with van der Waals surface area (Å²) in [5, 5.41) is 10.5. The number of rotatable bonds is 8. The minimum absolute atomic E-state index is 0.307. The van der Waals surface area contributed by atoms with E-state index in [1.807, 2.05) is 30.3 Å². The molecular formula is C22H30N2O3. The molecule has 1 aliphatic heterocycles. The Kier molecular flexibility index (Phi) is 7.24. The maximum Gasteiger partial charge on any atom is 0.118 e. The van der Waals surface area contributed by atoms with Crippen molar-refractivity contribution in [1.29, 1.82) is 0 Å². The first-order valence-corrected chi connectivity index (χ1v) is 9.52. The van der Waals surface area contributed by atoms with Gasteiger partial charge < -0.3 is 19.5 Å². The number of aliphatic hydroxyl groups excluding tert-OH is 1. The van der Waals surface area contributed by atoms with E-state index in [0.29, 0.717) is 25.8 Å². The lowest BCUT2D eigenvalue weighted by atomic mass is 10.0. The highest BCUT2D eigenvalue weighted by Crippen LogP contribution is 2.25. The summed E-state index contributed by atoms with van der Waals surface area (Å²) in [5.41, 5.74) is 2.38. The van der Waals surface area contributed by atoms with E-state index in [4.69, 9.17) is 9.47 Å². The van der Waals surface area contributed by atoms with Crippen LogP contribution in [0.15, 0.2) is 54.6 Å². The van der Waals surface area contributed by atoms with Gasteiger partial charge in [-0.3, -0.25) is 4.90 Å². The largest absolute Gasteiger partial charge is 0.497 e. The molecule has 2 atom stereocenters. The van der Waals surface area contributed by atoms with Gasteiger partial charge in [0.2, 0.25) is 0 Å². The molecule has 0 amide bonds. The van der Waals surface area contributed by atoms with Crippen LogP contribution in [0.25, 0.3) is 0 Å². The molecule has 1 N–H and O–H groups in total. The monoisotopic (exact) mass is 370 g/mol. The number of hydrogen-bond donors (Lipinski definition) is 1. The average Bonchev–Trinajstić information content (AvgIpc) is 2.70. The van der Waals surface area contributed by atoms with Crippen molar-refractivity contribution < 1.29 is 14.6 Å². The predicted octanol–water partition coefficient (Wildman–Crippen LogP) is 2.56. The van der Waals surface area contributed by atoms with Gasteiger partial charge >= 0.3 is 0 Å². The van der Waals surface area contributed by atoms with E-state index in [9.17, 15) is 5.11 Å². The van der Waals surface area contributed by atoms with Crippen LogP contribution < -0.4 is 4.74 Å². The first-order valence-electron chi connectivity index (χ1n) is 9.52. The number of methoxy groups -OCH3 is 1. The fourth-order valence-corrected chi connectivity index (χ4v) is 3.52. The molecular weight excluding hydrogens is 340 g/mol. The highest BCUT2D eigenvalue weighted by Gasteiger charge is 2.27. The Hall–Kier alpha value is -1.92. The second-order valence-corrected chi connectivity index (χ2v) is 7.20. The van der Waals surface area contributed by atoms with Gasteiger partial charge in [-0.05, 0) is 30.3 Å². The zero-order valence-electron chi connectivity index (χ0n) is 16.3. The molecule has 2 aromatic rings. The van der Waals surface area contributed by atoms with Crippen molar-refractivity contribution >= 4 is 0 Å². The lowest BCUT2D eigenvalue weighted by molar-refractivity contribution is -0.0116. The summed E-state index contributed by atoms with van der Waals surface area (Å²) in [7, 11) is 3.81. The average molecular weight is 370 g/mol. The summed E-state index contributed by atoms with van der Waals surface area (Å²) in [5.74, 6) is 0.834. The number of aliphatic hydroxyl groups is 1. The van der Waals surface area contributed by atoms with Crippen molar-refractivity contribution in [3.05, 3.63) is 65.7 Å². The molecule has 0 radical (unpaired) electrons. The second-order valence-electron chi connectivity index (χ2n) is 7.20. The number of β-amino-alcohol motifs (C(OH)–C–C–N with tert-alkyl or cyclic N) is 1. The van der Waals surface area contributed by atoms with Crippen molar-refractivity contribution in [2.24, 2.45) is 0 Å². The smallest absolute Gasteiger partial charge is 0.118 e. The van der Waals surface area contributed by atoms with Crippen LogP contribution in [0.4, 0.5) is 0 Å². The van der Waals surface area contributed by atoms with E-state index in [2.05, 4.69) is 41.1 Å². The molecule has 1 saturated heterocycles. The summed E-state index contributed by atoms with van der Waals surface area (Å²) in [6, 6.07) is 18.7. The minimum Gasteiger partial charge on any atom is -0.497 e. The quantitative estimate of drug-likeness (QED) is 0.774. The number of likely N-dealkylation sites (N-methyl/N-ethyl adjacent to an activating group) is 1. The maximum atomic E-state index is 10.5. The molecule has 1 heterocycles. The van der Waals surface area contributed by atoms with Crippen LogP contribution in [-0.2, 0) is 11.3 Å². The van der Waals surface area contributed by atoms with Crippen LogP contribution >= 0.6 is 0 Å². The molecule has 5 heteroatoms. The van der Waals surface area contributed by atoms with E-state index in [0.717, 1.165) is 30.9 Å². The molecule has 146 valence electrons. The van der Waals surface area contributed by atoms with Crippen molar-refractivity contribution in [3.8, 4) is 5.75 Å². The van der Waals surface area contributed by atoms with E-state index in [1.165, 1.54) is 5.56 Å². The first kappa shape index (κ1) is 19.8. The van der Waals surface area contributed by atoms with Gasteiger partial charge in [0.1, 0.15) is 5.75 Å². The van der Waals surface area contributed by atoms with E-state index in [-0.39, 0.29) is 0 Å². The molecule has 1 fully saturated rings. The zero-order chi connectivity index (χ0) is 19.1. The fourth-order valence-electron chi connectivity index (χ4n) is 3.52. The summed E-state index contributed by atoms with van der Waals surface area (Å²) < 4.78 is 10.9. The number of piperazine rings is 1. The Morgan fingerprint density at radius 2 is 1.81 bits per heavy atom. The predicted molar refractivity (Wildman–Crippen MR) is 107 cm³/mol. The maximum absolute atomic E-state index is 10.5. The van der Waals surface area contributed by atoms with Crippen LogP contribution in [0.1, 0.15) is 17.2 Å². The van der Waals surface area contributed by atoms with E-state index < -0.39 is 6.10 Å². The fraction of sp³-hybridized carbons (Fsp3) is 0.455. The molecule has 0 aliphatic carbocycles. The molecule has 0 saturated carbocycles. The van der Waals surface area contributed by atoms with Crippen molar-refractivity contribution in [2.75, 3.05) is 46.9 Å². The van der Waals surface area contributed by atoms with Gasteiger partial charge in [-0.2, -0.15) is 0 Å². The van der Waals surface area contributed by atoms with Gasteiger partial charge in [0.15, 0.2) is 0 Å². The Labute approximate surface area is 162 Å². The molecule has 2 aromatic carbocycles.